The Labute approximate surface area is 354 Å². The minimum Gasteiger partial charge on any atom is -0.490 e. The summed E-state index contributed by atoms with van der Waals surface area (Å²) in [5.74, 6) is 3.28. The molecule has 58 heavy (non-hydrogen) atoms. The number of carbonyl (C=O) groups excluding carboxylic acids is 2. The number of ketones is 2. The van der Waals surface area contributed by atoms with Gasteiger partial charge in [-0.15, -0.1) is 0 Å². The summed E-state index contributed by atoms with van der Waals surface area (Å²) in [7, 11) is 0. The van der Waals surface area contributed by atoms with Crippen molar-refractivity contribution in [2.45, 2.75) is 151 Å². The van der Waals surface area contributed by atoms with Gasteiger partial charge in [0.05, 0.1) is 5.92 Å². The van der Waals surface area contributed by atoms with Crippen molar-refractivity contribution in [2.75, 3.05) is 19.6 Å². The van der Waals surface area contributed by atoms with Crippen LogP contribution in [0.4, 0.5) is 0 Å². The van der Waals surface area contributed by atoms with Crippen LogP contribution in [0.1, 0.15) is 144 Å². The zero-order valence-electron chi connectivity index (χ0n) is 36.7. The summed E-state index contributed by atoms with van der Waals surface area (Å²) in [6.45, 7) is 20.2. The number of nitrogens with one attached hydrogen (secondary N) is 2. The van der Waals surface area contributed by atoms with Crippen molar-refractivity contribution in [3.05, 3.63) is 39.9 Å². The number of aliphatic carboxylic acids is 1. The van der Waals surface area contributed by atoms with Crippen LogP contribution in [0.3, 0.4) is 0 Å². The summed E-state index contributed by atoms with van der Waals surface area (Å²) in [6, 6.07) is 6.04. The maximum Gasteiger partial charge on any atom is 0.306 e. The second kappa shape index (κ2) is 15.9. The molecule has 7 aliphatic rings. The zero-order chi connectivity index (χ0) is 41.4. The van der Waals surface area contributed by atoms with Gasteiger partial charge in [-0.05, 0) is 172 Å². The number of piperidine rings is 1. The van der Waals surface area contributed by atoms with E-state index in [1.165, 1.54) is 44.1 Å². The van der Waals surface area contributed by atoms with Crippen molar-refractivity contribution in [2.24, 2.45) is 74.9 Å². The summed E-state index contributed by atoms with van der Waals surface area (Å²) in [6.07, 6.45) is 14.5. The van der Waals surface area contributed by atoms with Crippen molar-refractivity contribution in [1.29, 1.82) is 0 Å². The fourth-order valence-electron chi connectivity index (χ4n) is 15.5. The first-order chi connectivity index (χ1) is 27.5. The van der Waals surface area contributed by atoms with Gasteiger partial charge in [0.25, 0.3) is 0 Å². The topological polar surface area (TPSA) is 105 Å². The summed E-state index contributed by atoms with van der Waals surface area (Å²) in [5.41, 5.74) is 4.38. The molecular formula is C50H73ClN2O5. The van der Waals surface area contributed by atoms with Gasteiger partial charge < -0.3 is 20.5 Å². The Hall–Kier alpha value is -2.22. The highest BCUT2D eigenvalue weighted by molar-refractivity contribution is 6.30. The van der Waals surface area contributed by atoms with Crippen LogP contribution in [0.15, 0.2) is 29.3 Å². The van der Waals surface area contributed by atoms with E-state index < -0.39 is 5.97 Å². The van der Waals surface area contributed by atoms with Crippen molar-refractivity contribution in [3.8, 4) is 5.75 Å². The molecule has 6 fully saturated rings. The van der Waals surface area contributed by atoms with E-state index in [2.05, 4.69) is 58.2 Å². The van der Waals surface area contributed by atoms with Gasteiger partial charge in [-0.3, -0.25) is 14.4 Å². The molecule has 320 valence electrons. The van der Waals surface area contributed by atoms with Crippen LogP contribution in [-0.2, 0) is 20.9 Å². The van der Waals surface area contributed by atoms with E-state index in [1.807, 2.05) is 19.1 Å². The predicted molar refractivity (Wildman–Crippen MR) is 231 cm³/mol. The van der Waals surface area contributed by atoms with E-state index in [0.717, 1.165) is 69.6 Å². The first kappa shape index (κ1) is 42.5. The summed E-state index contributed by atoms with van der Waals surface area (Å²) < 4.78 is 6.50. The SMILES string of the molecule is CC(C)C1=C2C3CCC4C(C)(CCC5C(C)(C)C(CC(=O)C6CC(C(=O)O)C6C)CCC54C)C3CCC2(CCNCc2ccc(Cl)cc2OC2CCNCC2)CC1=O. The van der Waals surface area contributed by atoms with Crippen LogP contribution in [-0.4, -0.2) is 48.4 Å². The van der Waals surface area contributed by atoms with Crippen LogP contribution in [0.25, 0.3) is 0 Å². The van der Waals surface area contributed by atoms with Crippen molar-refractivity contribution in [3.63, 3.8) is 0 Å². The largest absolute Gasteiger partial charge is 0.490 e. The number of allylic oxidation sites excluding steroid dienone is 2. The molecule has 5 saturated carbocycles. The van der Waals surface area contributed by atoms with Crippen LogP contribution in [0.5, 0.6) is 5.75 Å². The van der Waals surface area contributed by atoms with Gasteiger partial charge in [0.1, 0.15) is 17.6 Å². The molecule has 0 radical (unpaired) electrons. The molecule has 0 aromatic heterocycles. The van der Waals surface area contributed by atoms with Crippen molar-refractivity contribution >= 4 is 29.1 Å². The number of ether oxygens (including phenoxy) is 1. The van der Waals surface area contributed by atoms with E-state index in [1.54, 1.807) is 5.57 Å². The third-order valence-corrected chi connectivity index (χ3v) is 18.9. The van der Waals surface area contributed by atoms with Crippen LogP contribution < -0.4 is 15.4 Å². The van der Waals surface area contributed by atoms with Crippen molar-refractivity contribution in [1.82, 2.24) is 10.6 Å². The molecular weight excluding hydrogens is 744 g/mol. The zero-order valence-corrected chi connectivity index (χ0v) is 37.4. The fourth-order valence-corrected chi connectivity index (χ4v) is 15.7. The van der Waals surface area contributed by atoms with Crippen molar-refractivity contribution < 1.29 is 24.2 Å². The average Bonchev–Trinajstić information content (AvgIpc) is 3.47. The number of halogens is 1. The van der Waals surface area contributed by atoms with E-state index in [-0.39, 0.29) is 51.4 Å². The van der Waals surface area contributed by atoms with Crippen LogP contribution in [0.2, 0.25) is 5.02 Å². The fraction of sp³-hybridized carbons (Fsp3) is 0.780. The lowest BCUT2D eigenvalue weighted by atomic mass is 9.35. The molecule has 0 spiro atoms. The number of fused-ring (bicyclic) bond motifs is 7. The second-order valence-electron chi connectivity index (χ2n) is 22.0. The molecule has 1 saturated heterocycles. The van der Waals surface area contributed by atoms with Gasteiger partial charge in [0, 0.05) is 41.3 Å². The van der Waals surface area contributed by atoms with E-state index in [0.29, 0.717) is 65.4 Å². The summed E-state index contributed by atoms with van der Waals surface area (Å²) in [4.78, 5) is 39.4. The number of hydrogen-bond donors (Lipinski definition) is 3. The molecule has 3 N–H and O–H groups in total. The first-order valence-corrected chi connectivity index (χ1v) is 23.8. The summed E-state index contributed by atoms with van der Waals surface area (Å²) >= 11 is 6.45. The van der Waals surface area contributed by atoms with Gasteiger partial charge in [-0.1, -0.05) is 71.7 Å². The minimum atomic E-state index is -0.750. The smallest absolute Gasteiger partial charge is 0.306 e. The third-order valence-electron chi connectivity index (χ3n) is 18.6. The Morgan fingerprint density at radius 2 is 1.69 bits per heavy atom. The molecule has 8 heteroatoms. The lowest BCUT2D eigenvalue weighted by molar-refractivity contribution is -0.193. The van der Waals surface area contributed by atoms with Gasteiger partial charge >= 0.3 is 5.97 Å². The molecule has 0 bridgehead atoms. The summed E-state index contributed by atoms with van der Waals surface area (Å²) in [5, 5.41) is 17.5. The van der Waals surface area contributed by atoms with Crippen LogP contribution in [0, 0.1) is 74.9 Å². The quantitative estimate of drug-likeness (QED) is 0.181. The molecule has 1 heterocycles. The van der Waals surface area contributed by atoms with E-state index in [4.69, 9.17) is 16.3 Å². The number of carboxylic acids is 1. The molecule has 1 aliphatic heterocycles. The standard InChI is InChI=1S/C50H73ClN2O5/c1-29(2)44-40(55)27-50(20-23-53-28-31-8-9-33(51)25-41(31)58-34-15-21-52-22-16-34)19-13-38-35(45(44)50)10-11-43-48(38,6)18-14-42-47(4,5)32(12-17-49(42,43)7)24-39(54)36-26-37(30(36)3)46(56)57/h8-9,25,29-30,32,34-38,42-43,52-53H,10-24,26-28H2,1-7H3,(H,56,57). The monoisotopic (exact) mass is 817 g/mol. The maximum absolute atomic E-state index is 14.1. The molecule has 8 rings (SSSR count). The van der Waals surface area contributed by atoms with Crippen LogP contribution >= 0.6 is 11.6 Å². The Kier molecular flexibility index (Phi) is 11.7. The molecule has 1 aromatic rings. The number of carboxylic acid groups (broad SMARTS) is 1. The van der Waals surface area contributed by atoms with Gasteiger partial charge in [-0.25, -0.2) is 0 Å². The second-order valence-corrected chi connectivity index (χ2v) is 22.4. The van der Waals surface area contributed by atoms with E-state index in [9.17, 15) is 19.5 Å². The molecule has 11 unspecified atom stereocenters. The highest BCUT2D eigenvalue weighted by Crippen LogP contribution is 2.74. The lowest BCUT2D eigenvalue weighted by Gasteiger charge is -2.69. The number of benzene rings is 1. The normalized spacial score (nSPS) is 39.6. The number of Topliss-reactive ketones (excluding diaryl/α,β-unsaturated/α-hetero) is 2. The number of hydrogen-bond acceptors (Lipinski definition) is 6. The first-order valence-electron chi connectivity index (χ1n) is 23.4. The molecule has 0 amide bonds. The molecule has 1 aromatic carbocycles. The Morgan fingerprint density at radius 3 is 2.40 bits per heavy atom. The Morgan fingerprint density at radius 1 is 0.948 bits per heavy atom. The lowest BCUT2D eigenvalue weighted by Crippen LogP contribution is -2.62. The Balaban J connectivity index is 0.965. The predicted octanol–water partition coefficient (Wildman–Crippen LogP) is 10.5. The van der Waals surface area contributed by atoms with Gasteiger partial charge in [-0.2, -0.15) is 0 Å². The van der Waals surface area contributed by atoms with E-state index >= 15 is 0 Å². The third kappa shape index (κ3) is 7.15. The van der Waals surface area contributed by atoms with Gasteiger partial charge in [0.15, 0.2) is 5.78 Å². The molecule has 7 nitrogen and oxygen atoms in total. The minimum absolute atomic E-state index is 0.0431. The Bertz CT molecular complexity index is 1800. The average molecular weight is 818 g/mol. The maximum atomic E-state index is 14.1. The number of carbonyl (C=O) groups is 3. The van der Waals surface area contributed by atoms with Gasteiger partial charge in [0.2, 0.25) is 0 Å². The number of rotatable bonds is 12. The highest BCUT2D eigenvalue weighted by Gasteiger charge is 2.66. The molecule has 11 atom stereocenters. The molecule has 6 aliphatic carbocycles. The highest BCUT2D eigenvalue weighted by atomic mass is 35.5.